The molecule has 0 unspecified atom stereocenters. The van der Waals surface area contributed by atoms with E-state index in [0.717, 1.165) is 22.7 Å². The third-order valence-corrected chi connectivity index (χ3v) is 4.62. The van der Waals surface area contributed by atoms with E-state index in [2.05, 4.69) is 61.1 Å². The van der Waals surface area contributed by atoms with Gasteiger partial charge in [-0.25, -0.2) is 0 Å². The molecule has 0 saturated heterocycles. The van der Waals surface area contributed by atoms with Gasteiger partial charge in [0.15, 0.2) is 0 Å². The number of aliphatic imine (C=N–C) groups is 2. The molecule has 2 aromatic carbocycles. The fraction of sp³-hybridized carbons (Fsp3) is 0.259. The molecule has 0 saturated carbocycles. The molecule has 0 atom stereocenters. The van der Waals surface area contributed by atoms with E-state index in [0.29, 0.717) is 0 Å². The lowest BCUT2D eigenvalue weighted by molar-refractivity contribution is 1.31. The van der Waals surface area contributed by atoms with Crippen molar-refractivity contribution in [3.63, 3.8) is 0 Å². The number of anilines is 1. The molecule has 0 aliphatic carbocycles. The zero-order valence-electron chi connectivity index (χ0n) is 19.4. The Bertz CT molecular complexity index is 956. The molecular formula is C27H35N3. The summed E-state index contributed by atoms with van der Waals surface area (Å²) in [5, 5.41) is 0. The van der Waals surface area contributed by atoms with Crippen LogP contribution in [0.5, 0.6) is 0 Å². The summed E-state index contributed by atoms with van der Waals surface area (Å²) in [6, 6.07) is 16.2. The minimum absolute atomic E-state index is 0.838. The van der Waals surface area contributed by atoms with E-state index in [1.54, 1.807) is 6.20 Å². The van der Waals surface area contributed by atoms with E-state index in [4.69, 9.17) is 5.73 Å². The summed E-state index contributed by atoms with van der Waals surface area (Å²) in [7, 11) is 0. The first-order valence-corrected chi connectivity index (χ1v) is 10.2. The van der Waals surface area contributed by atoms with Crippen LogP contribution in [0.3, 0.4) is 0 Å². The second-order valence-electron chi connectivity index (χ2n) is 7.32. The lowest BCUT2D eigenvalue weighted by atomic mass is 10.0. The molecule has 2 aromatic rings. The monoisotopic (exact) mass is 401 g/mol. The van der Waals surface area contributed by atoms with Crippen molar-refractivity contribution >= 4 is 23.2 Å². The summed E-state index contributed by atoms with van der Waals surface area (Å²) in [5.41, 5.74) is 14.3. The minimum Gasteiger partial charge on any atom is -0.399 e. The Morgan fingerprint density at radius 3 is 2.07 bits per heavy atom. The van der Waals surface area contributed by atoms with Gasteiger partial charge in [0.25, 0.3) is 0 Å². The number of hydrogen-bond acceptors (Lipinski definition) is 3. The van der Waals surface area contributed by atoms with Gasteiger partial charge in [-0.3, -0.25) is 9.98 Å². The Balaban J connectivity index is 0.000000467. The number of allylic oxidation sites excluding steroid dienone is 3. The maximum Gasteiger partial charge on any atom is 0.0584 e. The summed E-state index contributed by atoms with van der Waals surface area (Å²) in [5.74, 6) is 0. The summed E-state index contributed by atoms with van der Waals surface area (Å²) in [6.45, 7) is 14.2. The molecule has 2 N–H and O–H groups in total. The minimum atomic E-state index is 0.838. The Labute approximate surface area is 182 Å². The van der Waals surface area contributed by atoms with Crippen LogP contribution >= 0.6 is 0 Å². The first-order valence-electron chi connectivity index (χ1n) is 10.2. The third kappa shape index (κ3) is 9.33. The summed E-state index contributed by atoms with van der Waals surface area (Å²) in [4.78, 5) is 8.82. The highest BCUT2D eigenvalue weighted by molar-refractivity contribution is 6.40. The SMILES string of the molecule is C/C=C\N=C(C)C(C)=N/C=C(C)/C(C)=C/c1ccccc1C.Cc1cccc(N)c1. The molecular weight excluding hydrogens is 366 g/mol. The van der Waals surface area contributed by atoms with Gasteiger partial charge in [-0.05, 0) is 88.4 Å². The highest BCUT2D eigenvalue weighted by Gasteiger charge is 1.98. The zero-order chi connectivity index (χ0) is 22.5. The molecule has 3 heteroatoms. The predicted octanol–water partition coefficient (Wildman–Crippen LogP) is 7.33. The first kappa shape index (κ1) is 24.8. The molecule has 0 aromatic heterocycles. The van der Waals surface area contributed by atoms with Crippen molar-refractivity contribution in [1.29, 1.82) is 0 Å². The highest BCUT2D eigenvalue weighted by atomic mass is 14.8. The topological polar surface area (TPSA) is 50.7 Å². The van der Waals surface area contributed by atoms with Crippen LogP contribution in [-0.4, -0.2) is 11.4 Å². The van der Waals surface area contributed by atoms with E-state index in [-0.39, 0.29) is 0 Å². The van der Waals surface area contributed by atoms with Gasteiger partial charge in [-0.2, -0.15) is 0 Å². The molecule has 0 aliphatic rings. The largest absolute Gasteiger partial charge is 0.399 e. The van der Waals surface area contributed by atoms with Crippen LogP contribution in [0.1, 0.15) is 51.3 Å². The quantitative estimate of drug-likeness (QED) is 0.318. The number of hydrogen-bond donors (Lipinski definition) is 1. The van der Waals surface area contributed by atoms with Gasteiger partial charge < -0.3 is 5.73 Å². The number of nitrogens with two attached hydrogens (primary N) is 1. The molecule has 30 heavy (non-hydrogen) atoms. The number of rotatable bonds is 5. The molecule has 0 spiro atoms. The van der Waals surface area contributed by atoms with Crippen LogP contribution in [0, 0.1) is 13.8 Å². The normalized spacial score (nSPS) is 13.3. The predicted molar refractivity (Wildman–Crippen MR) is 135 cm³/mol. The summed E-state index contributed by atoms with van der Waals surface area (Å²) in [6.07, 6.45) is 7.81. The van der Waals surface area contributed by atoms with E-state index < -0.39 is 0 Å². The molecule has 0 aliphatic heterocycles. The average Bonchev–Trinajstić information content (AvgIpc) is 2.71. The zero-order valence-corrected chi connectivity index (χ0v) is 19.4. The van der Waals surface area contributed by atoms with E-state index in [1.165, 1.54) is 22.3 Å². The van der Waals surface area contributed by atoms with Crippen molar-refractivity contribution in [2.24, 2.45) is 9.98 Å². The number of aryl methyl sites for hydroxylation is 2. The molecule has 0 fully saturated rings. The fourth-order valence-corrected chi connectivity index (χ4v) is 2.43. The number of nitrogens with zero attached hydrogens (tertiary/aromatic N) is 2. The fourth-order valence-electron chi connectivity index (χ4n) is 2.43. The van der Waals surface area contributed by atoms with Crippen molar-refractivity contribution in [3.8, 4) is 0 Å². The van der Waals surface area contributed by atoms with Gasteiger partial charge in [0.2, 0.25) is 0 Å². The van der Waals surface area contributed by atoms with Crippen molar-refractivity contribution in [3.05, 3.63) is 94.8 Å². The van der Waals surface area contributed by atoms with Crippen molar-refractivity contribution in [2.75, 3.05) is 5.73 Å². The maximum absolute atomic E-state index is 5.46. The molecule has 158 valence electrons. The smallest absolute Gasteiger partial charge is 0.0584 e. The molecule has 0 bridgehead atoms. The molecule has 0 heterocycles. The lowest BCUT2D eigenvalue weighted by Crippen LogP contribution is -2.04. The Morgan fingerprint density at radius 1 is 0.833 bits per heavy atom. The molecule has 3 nitrogen and oxygen atoms in total. The molecule has 0 radical (unpaired) electrons. The summed E-state index contributed by atoms with van der Waals surface area (Å²) < 4.78 is 0. The average molecular weight is 402 g/mol. The van der Waals surface area contributed by atoms with Crippen molar-refractivity contribution < 1.29 is 0 Å². The molecule has 0 amide bonds. The van der Waals surface area contributed by atoms with E-state index >= 15 is 0 Å². The van der Waals surface area contributed by atoms with Crippen LogP contribution in [0.4, 0.5) is 5.69 Å². The van der Waals surface area contributed by atoms with E-state index in [9.17, 15) is 0 Å². The van der Waals surface area contributed by atoms with Gasteiger partial charge in [0, 0.05) is 18.1 Å². The first-order chi connectivity index (χ1) is 14.2. The van der Waals surface area contributed by atoms with Crippen LogP contribution in [0.25, 0.3) is 6.08 Å². The van der Waals surface area contributed by atoms with Gasteiger partial charge in [0.1, 0.15) is 0 Å². The van der Waals surface area contributed by atoms with Gasteiger partial charge >= 0.3 is 0 Å². The van der Waals surface area contributed by atoms with Crippen LogP contribution < -0.4 is 5.73 Å². The van der Waals surface area contributed by atoms with E-state index in [1.807, 2.05) is 64.2 Å². The Morgan fingerprint density at radius 2 is 1.50 bits per heavy atom. The van der Waals surface area contributed by atoms with Gasteiger partial charge in [-0.15, -0.1) is 0 Å². The summed E-state index contributed by atoms with van der Waals surface area (Å²) >= 11 is 0. The third-order valence-electron chi connectivity index (χ3n) is 4.62. The lowest BCUT2D eigenvalue weighted by Gasteiger charge is -2.04. The highest BCUT2D eigenvalue weighted by Crippen LogP contribution is 2.16. The maximum atomic E-state index is 5.46. The van der Waals surface area contributed by atoms with Gasteiger partial charge in [-0.1, -0.05) is 48.6 Å². The number of nitrogen functional groups attached to an aromatic ring is 1. The second-order valence-corrected chi connectivity index (χ2v) is 7.32. The van der Waals surface area contributed by atoms with Gasteiger partial charge in [0.05, 0.1) is 11.4 Å². The van der Waals surface area contributed by atoms with Crippen molar-refractivity contribution in [1.82, 2.24) is 0 Å². The van der Waals surface area contributed by atoms with Crippen LogP contribution in [-0.2, 0) is 0 Å². The molecule has 2 rings (SSSR count). The van der Waals surface area contributed by atoms with Crippen molar-refractivity contribution in [2.45, 2.75) is 48.5 Å². The van der Waals surface area contributed by atoms with Crippen LogP contribution in [0.15, 0.2) is 88.1 Å². The standard InChI is InChI=1S/C20H26N2.C7H9N/c1-7-12-21-18(5)19(6)22-14-17(4)16(3)13-20-11-9-8-10-15(20)2;1-6-3-2-4-7(8)5-6/h7-14H,1-6H3;2-5H,8H2,1H3/b12-7-,16-13+,17-14+,21-18?,22-19?;. The van der Waals surface area contributed by atoms with Crippen LogP contribution in [0.2, 0.25) is 0 Å². The second kappa shape index (κ2) is 13.1. The Kier molecular flexibility index (Phi) is 10.8. The Hall–Kier alpha value is -3.20. The number of benzene rings is 2.